The van der Waals surface area contributed by atoms with Crippen molar-refractivity contribution in [3.05, 3.63) is 42.1 Å². The Bertz CT molecular complexity index is 710. The first-order chi connectivity index (χ1) is 8.78. The molecule has 0 radical (unpaired) electrons. The van der Waals surface area contributed by atoms with Crippen LogP contribution < -0.4 is 4.74 Å². The molecule has 90 valence electrons. The van der Waals surface area contributed by atoms with E-state index < -0.39 is 0 Å². The molecule has 0 aliphatic rings. The highest BCUT2D eigenvalue weighted by molar-refractivity contribution is 6.29. The molecule has 6 heteroatoms. The number of aromatic nitrogens is 4. The van der Waals surface area contributed by atoms with Gasteiger partial charge in [-0.05, 0) is 6.07 Å². The van der Waals surface area contributed by atoms with Gasteiger partial charge in [0.15, 0.2) is 0 Å². The second kappa shape index (κ2) is 4.27. The van der Waals surface area contributed by atoms with Crippen molar-refractivity contribution in [2.75, 3.05) is 7.11 Å². The molecule has 0 unspecified atom stereocenters. The minimum absolute atomic E-state index is 0.406. The van der Waals surface area contributed by atoms with Gasteiger partial charge in [0.1, 0.15) is 22.9 Å². The Labute approximate surface area is 108 Å². The molecule has 0 aromatic carbocycles. The zero-order valence-corrected chi connectivity index (χ0v) is 10.3. The Morgan fingerprint density at radius 1 is 1.22 bits per heavy atom. The van der Waals surface area contributed by atoms with Crippen molar-refractivity contribution in [1.29, 1.82) is 0 Å². The van der Waals surface area contributed by atoms with Crippen LogP contribution >= 0.6 is 11.6 Å². The van der Waals surface area contributed by atoms with Crippen LogP contribution in [0, 0.1) is 0 Å². The highest BCUT2D eigenvalue weighted by atomic mass is 35.5. The molecule has 0 aliphatic carbocycles. The largest absolute Gasteiger partial charge is 0.497 e. The van der Waals surface area contributed by atoms with E-state index in [1.165, 1.54) is 6.33 Å². The van der Waals surface area contributed by atoms with Gasteiger partial charge in [0, 0.05) is 18.3 Å². The molecule has 0 saturated carbocycles. The minimum atomic E-state index is 0.406. The molecule has 0 fully saturated rings. The van der Waals surface area contributed by atoms with E-state index >= 15 is 0 Å². The minimum Gasteiger partial charge on any atom is -0.497 e. The highest BCUT2D eigenvalue weighted by Crippen LogP contribution is 2.22. The fourth-order valence-corrected chi connectivity index (χ4v) is 1.90. The molecule has 3 heterocycles. The molecule has 0 atom stereocenters. The number of imidazole rings is 1. The fraction of sp³-hybridized carbons (Fsp3) is 0.0833. The molecule has 0 spiro atoms. The summed E-state index contributed by atoms with van der Waals surface area (Å²) in [5.41, 5.74) is 2.38. The lowest BCUT2D eigenvalue weighted by molar-refractivity contribution is 0.414. The van der Waals surface area contributed by atoms with E-state index in [4.69, 9.17) is 16.3 Å². The topological polar surface area (TPSA) is 52.3 Å². The van der Waals surface area contributed by atoms with E-state index in [0.29, 0.717) is 5.15 Å². The lowest BCUT2D eigenvalue weighted by atomic mass is 10.3. The number of ether oxygens (including phenoxy) is 1. The van der Waals surface area contributed by atoms with E-state index in [0.717, 1.165) is 22.8 Å². The first-order valence-electron chi connectivity index (χ1n) is 5.27. The summed E-state index contributed by atoms with van der Waals surface area (Å²) in [5.74, 6) is 0.764. The van der Waals surface area contributed by atoms with Crippen molar-refractivity contribution in [3.8, 4) is 17.1 Å². The fourth-order valence-electron chi connectivity index (χ4n) is 1.75. The average Bonchev–Trinajstić information content (AvgIpc) is 2.81. The van der Waals surface area contributed by atoms with Gasteiger partial charge in [-0.25, -0.2) is 15.0 Å². The van der Waals surface area contributed by atoms with Crippen LogP contribution in [0.5, 0.6) is 5.75 Å². The summed E-state index contributed by atoms with van der Waals surface area (Å²) in [7, 11) is 1.62. The highest BCUT2D eigenvalue weighted by Gasteiger charge is 2.08. The molecule has 0 aliphatic heterocycles. The monoisotopic (exact) mass is 260 g/mol. The van der Waals surface area contributed by atoms with Gasteiger partial charge < -0.3 is 4.74 Å². The van der Waals surface area contributed by atoms with E-state index in [2.05, 4.69) is 15.0 Å². The second-order valence-corrected chi connectivity index (χ2v) is 4.05. The number of nitrogens with zero attached hydrogens (tertiary/aromatic N) is 4. The van der Waals surface area contributed by atoms with Gasteiger partial charge in [0.25, 0.3) is 0 Å². The van der Waals surface area contributed by atoms with Gasteiger partial charge >= 0.3 is 0 Å². The zero-order chi connectivity index (χ0) is 12.5. The second-order valence-electron chi connectivity index (χ2n) is 3.66. The maximum atomic E-state index is 5.86. The summed E-state index contributed by atoms with van der Waals surface area (Å²) < 4.78 is 7.07. The molecule has 5 nitrogen and oxygen atoms in total. The van der Waals surface area contributed by atoms with E-state index in [-0.39, 0.29) is 0 Å². The van der Waals surface area contributed by atoms with Gasteiger partial charge in [-0.15, -0.1) is 0 Å². The average molecular weight is 261 g/mol. The molecule has 0 amide bonds. The van der Waals surface area contributed by atoms with Crippen LogP contribution in [-0.4, -0.2) is 26.5 Å². The number of halogens is 1. The van der Waals surface area contributed by atoms with Crippen molar-refractivity contribution in [1.82, 2.24) is 19.4 Å². The third kappa shape index (κ3) is 1.78. The number of rotatable bonds is 2. The molecule has 0 saturated heterocycles. The Morgan fingerprint density at radius 2 is 2.11 bits per heavy atom. The number of hydrogen-bond acceptors (Lipinski definition) is 4. The third-order valence-electron chi connectivity index (χ3n) is 2.62. The van der Waals surface area contributed by atoms with Crippen molar-refractivity contribution >= 4 is 17.2 Å². The third-order valence-corrected chi connectivity index (χ3v) is 2.82. The van der Waals surface area contributed by atoms with Crippen LogP contribution in [0.3, 0.4) is 0 Å². The van der Waals surface area contributed by atoms with Crippen molar-refractivity contribution < 1.29 is 4.74 Å². The van der Waals surface area contributed by atoms with Crippen LogP contribution in [0.15, 0.2) is 36.9 Å². The van der Waals surface area contributed by atoms with Gasteiger partial charge in [0.05, 0.1) is 24.7 Å². The van der Waals surface area contributed by atoms with Gasteiger partial charge in [0.2, 0.25) is 0 Å². The quantitative estimate of drug-likeness (QED) is 0.664. The van der Waals surface area contributed by atoms with Gasteiger partial charge in [-0.1, -0.05) is 11.6 Å². The lowest BCUT2D eigenvalue weighted by Gasteiger charge is -2.03. The summed E-state index contributed by atoms with van der Waals surface area (Å²) >= 11 is 5.86. The molecule has 18 heavy (non-hydrogen) atoms. The van der Waals surface area contributed by atoms with Crippen LogP contribution in [-0.2, 0) is 0 Å². The molecular weight excluding hydrogens is 252 g/mol. The zero-order valence-electron chi connectivity index (χ0n) is 9.54. The standard InChI is InChI=1S/C12H9ClN4O/c1-18-8-2-3-17-10(6-14-12(17)4-8)9-5-11(13)16-7-15-9/h2-7H,1H3. The van der Waals surface area contributed by atoms with Crippen LogP contribution in [0.2, 0.25) is 5.15 Å². The van der Waals surface area contributed by atoms with Crippen LogP contribution in [0.4, 0.5) is 0 Å². The summed E-state index contributed by atoms with van der Waals surface area (Å²) in [6.45, 7) is 0. The summed E-state index contributed by atoms with van der Waals surface area (Å²) in [6, 6.07) is 5.42. The number of fused-ring (bicyclic) bond motifs is 1. The Kier molecular flexibility index (Phi) is 2.60. The Hall–Kier alpha value is -2.14. The molecule has 3 rings (SSSR count). The first kappa shape index (κ1) is 11.0. The Morgan fingerprint density at radius 3 is 2.89 bits per heavy atom. The maximum absolute atomic E-state index is 5.86. The number of pyridine rings is 1. The van der Waals surface area contributed by atoms with E-state index in [9.17, 15) is 0 Å². The SMILES string of the molecule is COc1ccn2c(-c3cc(Cl)ncn3)cnc2c1. The summed E-state index contributed by atoms with van der Waals surface area (Å²) in [4.78, 5) is 12.4. The molecule has 3 aromatic rings. The van der Waals surface area contributed by atoms with Crippen molar-refractivity contribution in [2.45, 2.75) is 0 Å². The van der Waals surface area contributed by atoms with Crippen LogP contribution in [0.25, 0.3) is 17.0 Å². The van der Waals surface area contributed by atoms with Gasteiger partial charge in [-0.3, -0.25) is 4.40 Å². The molecule has 0 bridgehead atoms. The molecule has 0 N–H and O–H groups in total. The maximum Gasteiger partial charge on any atom is 0.140 e. The first-order valence-corrected chi connectivity index (χ1v) is 5.65. The van der Waals surface area contributed by atoms with Crippen molar-refractivity contribution in [3.63, 3.8) is 0 Å². The van der Waals surface area contributed by atoms with Gasteiger partial charge in [-0.2, -0.15) is 0 Å². The predicted molar refractivity (Wildman–Crippen MR) is 67.8 cm³/mol. The lowest BCUT2D eigenvalue weighted by Crippen LogP contribution is -1.92. The number of methoxy groups -OCH3 is 1. The van der Waals surface area contributed by atoms with Crippen molar-refractivity contribution in [2.24, 2.45) is 0 Å². The summed E-state index contributed by atoms with van der Waals surface area (Å²) in [5, 5.41) is 0.406. The van der Waals surface area contributed by atoms with E-state index in [1.54, 1.807) is 19.4 Å². The Balaban J connectivity index is 2.18. The smallest absolute Gasteiger partial charge is 0.140 e. The normalized spacial score (nSPS) is 10.8. The molecule has 3 aromatic heterocycles. The van der Waals surface area contributed by atoms with Crippen LogP contribution in [0.1, 0.15) is 0 Å². The predicted octanol–water partition coefficient (Wildman–Crippen LogP) is 2.45. The summed E-state index contributed by atoms with van der Waals surface area (Å²) in [6.07, 6.45) is 5.06. The molecular formula is C12H9ClN4O. The number of hydrogen-bond donors (Lipinski definition) is 0. The van der Waals surface area contributed by atoms with E-state index in [1.807, 2.05) is 22.7 Å².